The Labute approximate surface area is 131 Å². The van der Waals surface area contributed by atoms with Crippen molar-refractivity contribution in [2.24, 2.45) is 5.73 Å². The summed E-state index contributed by atoms with van der Waals surface area (Å²) in [6.07, 6.45) is 0.688. The van der Waals surface area contributed by atoms with Crippen molar-refractivity contribution in [3.8, 4) is 0 Å². The van der Waals surface area contributed by atoms with E-state index in [0.29, 0.717) is 15.1 Å². The molecule has 2 aromatic heterocycles. The molecule has 2 nitrogen and oxygen atoms in total. The van der Waals surface area contributed by atoms with Gasteiger partial charge in [-0.15, -0.1) is 22.7 Å². The quantitative estimate of drug-likeness (QED) is 0.852. The van der Waals surface area contributed by atoms with Gasteiger partial charge in [0.25, 0.3) is 0 Å². The van der Waals surface area contributed by atoms with E-state index in [-0.39, 0.29) is 11.5 Å². The zero-order chi connectivity index (χ0) is 14.2. The fourth-order valence-corrected chi connectivity index (χ4v) is 4.33. The number of thiophene rings is 1. The molecule has 1 unspecified atom stereocenters. The van der Waals surface area contributed by atoms with E-state index in [9.17, 15) is 0 Å². The van der Waals surface area contributed by atoms with E-state index < -0.39 is 0 Å². The van der Waals surface area contributed by atoms with Crippen LogP contribution < -0.4 is 5.73 Å². The van der Waals surface area contributed by atoms with Gasteiger partial charge in [0.1, 0.15) is 0 Å². The van der Waals surface area contributed by atoms with Gasteiger partial charge in [-0.3, -0.25) is 0 Å². The fourth-order valence-electron chi connectivity index (χ4n) is 1.65. The Balaban J connectivity index is 2.13. The maximum atomic E-state index is 6.19. The van der Waals surface area contributed by atoms with Crippen LogP contribution in [0.4, 0.5) is 0 Å². The highest BCUT2D eigenvalue weighted by atomic mass is 35.5. The van der Waals surface area contributed by atoms with Crippen LogP contribution in [-0.4, -0.2) is 4.98 Å². The van der Waals surface area contributed by atoms with E-state index in [0.717, 1.165) is 16.3 Å². The van der Waals surface area contributed by atoms with Crippen LogP contribution in [0.15, 0.2) is 11.4 Å². The molecule has 0 radical (unpaired) electrons. The van der Waals surface area contributed by atoms with Gasteiger partial charge >= 0.3 is 0 Å². The molecule has 6 heteroatoms. The van der Waals surface area contributed by atoms with Crippen LogP contribution >= 0.6 is 45.9 Å². The highest BCUT2D eigenvalue weighted by Gasteiger charge is 2.20. The van der Waals surface area contributed by atoms with Gasteiger partial charge in [0, 0.05) is 28.8 Å². The summed E-state index contributed by atoms with van der Waals surface area (Å²) in [5.74, 6) is 0. The Morgan fingerprint density at radius 1 is 1.37 bits per heavy atom. The summed E-state index contributed by atoms with van der Waals surface area (Å²) >= 11 is 15.1. The zero-order valence-corrected chi connectivity index (χ0v) is 14.2. The molecule has 2 aromatic rings. The van der Waals surface area contributed by atoms with Crippen LogP contribution in [0.25, 0.3) is 0 Å². The number of rotatable bonds is 3. The Bertz CT molecular complexity index is 569. The van der Waals surface area contributed by atoms with Gasteiger partial charge in [0.05, 0.1) is 19.4 Å². The lowest BCUT2D eigenvalue weighted by Gasteiger charge is -2.14. The Morgan fingerprint density at radius 3 is 2.53 bits per heavy atom. The predicted octanol–water partition coefficient (Wildman–Crippen LogP) is 5.05. The molecule has 0 aliphatic rings. The average Bonchev–Trinajstić information content (AvgIpc) is 2.84. The molecule has 0 amide bonds. The predicted molar refractivity (Wildman–Crippen MR) is 85.8 cm³/mol. The summed E-state index contributed by atoms with van der Waals surface area (Å²) in [4.78, 5) is 4.65. The van der Waals surface area contributed by atoms with Crippen molar-refractivity contribution in [2.75, 3.05) is 0 Å². The largest absolute Gasteiger partial charge is 0.324 e. The number of hydrogen-bond acceptors (Lipinski definition) is 4. The monoisotopic (exact) mass is 334 g/mol. The van der Waals surface area contributed by atoms with Crippen molar-refractivity contribution in [3.05, 3.63) is 36.4 Å². The fraction of sp³-hybridized carbons (Fsp3) is 0.462. The first-order valence-electron chi connectivity index (χ1n) is 5.92. The third-order valence-electron chi connectivity index (χ3n) is 2.80. The molecule has 0 bridgehead atoms. The van der Waals surface area contributed by atoms with Crippen molar-refractivity contribution in [1.29, 1.82) is 0 Å². The molecular weight excluding hydrogens is 319 g/mol. The van der Waals surface area contributed by atoms with Crippen LogP contribution in [0.1, 0.15) is 43.1 Å². The molecule has 0 aliphatic heterocycles. The third-order valence-corrected chi connectivity index (χ3v) is 5.19. The van der Waals surface area contributed by atoms with Crippen LogP contribution in [0.5, 0.6) is 0 Å². The lowest BCUT2D eigenvalue weighted by atomic mass is 9.93. The van der Waals surface area contributed by atoms with E-state index in [1.807, 2.05) is 6.07 Å². The van der Waals surface area contributed by atoms with Crippen LogP contribution in [0.2, 0.25) is 8.67 Å². The van der Waals surface area contributed by atoms with E-state index >= 15 is 0 Å². The van der Waals surface area contributed by atoms with Gasteiger partial charge in [0.2, 0.25) is 0 Å². The van der Waals surface area contributed by atoms with E-state index in [4.69, 9.17) is 28.9 Å². The molecule has 2 N–H and O–H groups in total. The Morgan fingerprint density at radius 2 is 2.05 bits per heavy atom. The minimum atomic E-state index is -0.157. The molecule has 2 rings (SSSR count). The summed E-state index contributed by atoms with van der Waals surface area (Å²) in [5.41, 5.74) is 8.27. The summed E-state index contributed by atoms with van der Waals surface area (Å²) in [6.45, 7) is 6.46. The molecule has 0 fully saturated rings. The minimum absolute atomic E-state index is 0.0716. The molecule has 0 saturated carbocycles. The summed E-state index contributed by atoms with van der Waals surface area (Å²) < 4.78 is 1.34. The molecule has 0 saturated heterocycles. The first kappa shape index (κ1) is 15.3. The zero-order valence-electron chi connectivity index (χ0n) is 11.0. The van der Waals surface area contributed by atoms with Crippen LogP contribution in [0.3, 0.4) is 0 Å². The molecule has 104 valence electrons. The van der Waals surface area contributed by atoms with Gasteiger partial charge in [0.15, 0.2) is 0 Å². The average molecular weight is 335 g/mol. The van der Waals surface area contributed by atoms with E-state index in [1.54, 1.807) is 11.3 Å². The van der Waals surface area contributed by atoms with Crippen molar-refractivity contribution in [3.63, 3.8) is 0 Å². The van der Waals surface area contributed by atoms with Crippen molar-refractivity contribution in [2.45, 2.75) is 38.6 Å². The number of halogens is 2. The second-order valence-electron chi connectivity index (χ2n) is 5.47. The molecule has 0 aliphatic carbocycles. The topological polar surface area (TPSA) is 38.9 Å². The van der Waals surface area contributed by atoms with Gasteiger partial charge in [-0.2, -0.15) is 0 Å². The number of thiazole rings is 1. The maximum Gasteiger partial charge on any atom is 0.0992 e. The number of nitrogens with zero attached hydrogens (tertiary/aromatic N) is 1. The molecule has 2 heterocycles. The van der Waals surface area contributed by atoms with Crippen LogP contribution in [0, 0.1) is 0 Å². The smallest absolute Gasteiger partial charge is 0.0992 e. The van der Waals surface area contributed by atoms with Crippen molar-refractivity contribution >= 4 is 45.9 Å². The van der Waals surface area contributed by atoms with E-state index in [1.165, 1.54) is 11.3 Å². The number of aromatic nitrogens is 1. The summed E-state index contributed by atoms with van der Waals surface area (Å²) in [7, 11) is 0. The lowest BCUT2D eigenvalue weighted by Crippen LogP contribution is -2.14. The standard InChI is InChI=1S/C13H16Cl2N2S2/c1-13(2,3)9-6-18-11(17-9)5-8(16)7-4-10(14)19-12(7)15/h4,6,8H,5,16H2,1-3H3. The normalized spacial score (nSPS) is 13.8. The molecule has 19 heavy (non-hydrogen) atoms. The molecular formula is C13H16Cl2N2S2. The van der Waals surface area contributed by atoms with E-state index in [2.05, 4.69) is 31.1 Å². The lowest BCUT2D eigenvalue weighted by molar-refractivity contribution is 0.569. The van der Waals surface area contributed by atoms with Gasteiger partial charge in [-0.05, 0) is 6.07 Å². The minimum Gasteiger partial charge on any atom is -0.324 e. The number of nitrogens with two attached hydrogens (primary N) is 1. The SMILES string of the molecule is CC(C)(C)c1csc(CC(N)c2cc(Cl)sc2Cl)n1. The second kappa shape index (κ2) is 5.70. The Kier molecular flexibility index (Phi) is 4.58. The molecule has 0 aromatic carbocycles. The van der Waals surface area contributed by atoms with Crippen molar-refractivity contribution in [1.82, 2.24) is 4.98 Å². The molecule has 1 atom stereocenters. The number of hydrogen-bond donors (Lipinski definition) is 1. The van der Waals surface area contributed by atoms with Gasteiger partial charge in [-0.25, -0.2) is 4.98 Å². The first-order valence-corrected chi connectivity index (χ1v) is 8.38. The van der Waals surface area contributed by atoms with Crippen molar-refractivity contribution < 1.29 is 0 Å². The maximum absolute atomic E-state index is 6.19. The van der Waals surface area contributed by atoms with Crippen LogP contribution in [-0.2, 0) is 11.8 Å². The summed E-state index contributed by atoms with van der Waals surface area (Å²) in [5, 5.41) is 3.14. The first-order chi connectivity index (χ1) is 8.77. The highest BCUT2D eigenvalue weighted by Crippen LogP contribution is 2.35. The Hall–Kier alpha value is -0.130. The molecule has 0 spiro atoms. The van der Waals surface area contributed by atoms with Gasteiger partial charge < -0.3 is 5.73 Å². The second-order valence-corrected chi connectivity index (χ2v) is 8.69. The highest BCUT2D eigenvalue weighted by molar-refractivity contribution is 7.20. The van der Waals surface area contributed by atoms with Gasteiger partial charge in [-0.1, -0.05) is 44.0 Å². The summed E-state index contributed by atoms with van der Waals surface area (Å²) in [6, 6.07) is 1.69. The third kappa shape index (κ3) is 3.70.